The van der Waals surface area contributed by atoms with Crippen LogP contribution in [-0.2, 0) is 11.3 Å². The highest BCUT2D eigenvalue weighted by Gasteiger charge is 2.09. The van der Waals surface area contributed by atoms with Crippen molar-refractivity contribution in [2.24, 2.45) is 0 Å². The number of anilines is 1. The molecule has 0 saturated heterocycles. The van der Waals surface area contributed by atoms with Gasteiger partial charge in [0.2, 0.25) is 11.6 Å². The van der Waals surface area contributed by atoms with Crippen molar-refractivity contribution in [2.75, 3.05) is 43.5 Å². The van der Waals surface area contributed by atoms with Gasteiger partial charge in [0, 0.05) is 61.6 Å². The quantitative estimate of drug-likeness (QED) is 0.116. The molecule has 0 fully saturated rings. The predicted octanol–water partition coefficient (Wildman–Crippen LogP) is 3.62. The van der Waals surface area contributed by atoms with Crippen LogP contribution in [0.1, 0.15) is 49.8 Å². The van der Waals surface area contributed by atoms with Crippen LogP contribution in [0.4, 0.5) is 5.69 Å². The van der Waals surface area contributed by atoms with Crippen molar-refractivity contribution in [3.05, 3.63) is 59.9 Å². The lowest BCUT2D eigenvalue weighted by atomic mass is 10.1. The van der Waals surface area contributed by atoms with Gasteiger partial charge in [-0.2, -0.15) is 29.8 Å². The highest BCUT2D eigenvalue weighted by molar-refractivity contribution is 7.81. The number of nitrogens with one attached hydrogen (secondary N) is 1. The van der Waals surface area contributed by atoms with E-state index in [0.29, 0.717) is 31.3 Å². The lowest BCUT2D eigenvalue weighted by Gasteiger charge is -2.22. The summed E-state index contributed by atoms with van der Waals surface area (Å²) in [5, 5.41) is 21.9. The molecule has 198 valence electrons. The van der Waals surface area contributed by atoms with Crippen LogP contribution in [0.3, 0.4) is 0 Å². The maximum atomic E-state index is 12.1. The Labute approximate surface area is 227 Å². The summed E-state index contributed by atoms with van der Waals surface area (Å²) in [7, 11) is 0. The molecular weight excluding hydrogens is 490 g/mol. The number of hydrogen-bond acceptors (Lipinski definition) is 6. The van der Waals surface area contributed by atoms with Crippen LogP contribution in [0.25, 0.3) is 12.2 Å². The van der Waals surface area contributed by atoms with E-state index in [4.69, 9.17) is 0 Å². The molecule has 1 heterocycles. The average Bonchev–Trinajstić information content (AvgIpc) is 2.89. The number of nitrogens with zero attached hydrogens (tertiary/aromatic N) is 2. The summed E-state index contributed by atoms with van der Waals surface area (Å²) in [6.45, 7) is 2.57. The van der Waals surface area contributed by atoms with Crippen LogP contribution < -0.4 is 14.8 Å². The molecule has 0 saturated carbocycles. The van der Waals surface area contributed by atoms with E-state index >= 15 is 0 Å². The first kappa shape index (κ1) is 30.2. The Balaban J connectivity index is 1.79. The largest absolute Gasteiger partial charge is 0.395 e. The molecule has 6 nitrogen and oxygen atoms in total. The van der Waals surface area contributed by atoms with Crippen molar-refractivity contribution in [3.63, 3.8) is 0 Å². The van der Waals surface area contributed by atoms with Crippen molar-refractivity contribution in [3.8, 4) is 0 Å². The number of thiol groups is 2. The molecule has 1 aromatic heterocycles. The first-order chi connectivity index (χ1) is 17.6. The minimum atomic E-state index is 0.0487. The standard InChI is InChI=1S/C28H41N3O3S2/c32-21-19-31(20-22-33)26-13-10-24(11-14-26)9-12-25-6-3-4-17-30(25)18-5-16-29-28(34)8-2-1-7-27(36)15-23-35/h3-4,6,9-14,17,27,32-33H,1-2,5,7-8,15-16,18-23H2,(H2-,29,34,35,36)/p+1. The Morgan fingerprint density at radius 1 is 1.00 bits per heavy atom. The maximum Gasteiger partial charge on any atom is 0.219 e. The van der Waals surface area contributed by atoms with E-state index in [1.807, 2.05) is 41.3 Å². The average molecular weight is 533 g/mol. The van der Waals surface area contributed by atoms with Gasteiger partial charge in [0.15, 0.2) is 12.7 Å². The molecule has 0 aliphatic rings. The minimum absolute atomic E-state index is 0.0487. The number of amides is 1. The number of aliphatic hydroxyl groups is 2. The van der Waals surface area contributed by atoms with Gasteiger partial charge in [-0.25, -0.2) is 0 Å². The number of rotatable bonds is 18. The number of carbonyl (C=O) groups excluding carboxylic acids is 1. The third kappa shape index (κ3) is 11.8. The lowest BCUT2D eigenvalue weighted by molar-refractivity contribution is -0.698. The van der Waals surface area contributed by atoms with Gasteiger partial charge in [-0.1, -0.05) is 18.6 Å². The van der Waals surface area contributed by atoms with Gasteiger partial charge in [-0.05, 0) is 54.9 Å². The summed E-state index contributed by atoms with van der Waals surface area (Å²) in [5.41, 5.74) is 3.15. The second-order valence-electron chi connectivity index (χ2n) is 8.79. The molecule has 0 spiro atoms. The smallest absolute Gasteiger partial charge is 0.219 e. The third-order valence-electron chi connectivity index (χ3n) is 5.97. The number of hydrogen-bond donors (Lipinski definition) is 5. The number of aromatic nitrogens is 1. The van der Waals surface area contributed by atoms with E-state index in [-0.39, 0.29) is 19.1 Å². The maximum absolute atomic E-state index is 12.1. The number of carbonyl (C=O) groups is 1. The highest BCUT2D eigenvalue weighted by atomic mass is 32.1. The van der Waals surface area contributed by atoms with Crippen molar-refractivity contribution >= 4 is 49.0 Å². The van der Waals surface area contributed by atoms with Gasteiger partial charge in [-0.3, -0.25) is 4.79 Å². The highest BCUT2D eigenvalue weighted by Crippen LogP contribution is 2.16. The topological polar surface area (TPSA) is 76.7 Å². The summed E-state index contributed by atoms with van der Waals surface area (Å²) in [4.78, 5) is 14.1. The zero-order valence-corrected chi connectivity index (χ0v) is 22.9. The van der Waals surface area contributed by atoms with Gasteiger partial charge in [0.1, 0.15) is 0 Å². The summed E-state index contributed by atoms with van der Waals surface area (Å²) in [6, 6.07) is 14.2. The first-order valence-corrected chi connectivity index (χ1v) is 14.0. The van der Waals surface area contributed by atoms with E-state index < -0.39 is 0 Å². The van der Waals surface area contributed by atoms with Crippen molar-refractivity contribution < 1.29 is 19.6 Å². The normalized spacial score (nSPS) is 12.1. The zero-order valence-electron chi connectivity index (χ0n) is 21.1. The molecule has 1 unspecified atom stereocenters. The van der Waals surface area contributed by atoms with E-state index in [9.17, 15) is 15.0 Å². The Morgan fingerprint density at radius 2 is 1.75 bits per heavy atom. The van der Waals surface area contributed by atoms with E-state index in [1.54, 1.807) is 0 Å². The van der Waals surface area contributed by atoms with Gasteiger partial charge in [0.05, 0.1) is 13.2 Å². The monoisotopic (exact) mass is 532 g/mol. The molecule has 8 heteroatoms. The lowest BCUT2D eigenvalue weighted by Crippen LogP contribution is -2.38. The van der Waals surface area contributed by atoms with E-state index in [2.05, 4.69) is 59.6 Å². The third-order valence-corrected chi connectivity index (χ3v) is 6.75. The molecule has 0 bridgehead atoms. The Hall–Kier alpha value is -2.00. The number of unbranched alkanes of at least 4 members (excludes halogenated alkanes) is 1. The molecular formula is C28H42N3O3S2+. The number of aryl methyl sites for hydroxylation is 1. The summed E-state index contributed by atoms with van der Waals surface area (Å²) in [5.74, 6) is 0.980. The van der Waals surface area contributed by atoms with Gasteiger partial charge in [0.25, 0.3) is 0 Å². The van der Waals surface area contributed by atoms with Crippen LogP contribution in [0.2, 0.25) is 0 Å². The van der Waals surface area contributed by atoms with Crippen LogP contribution in [0, 0.1) is 0 Å². The van der Waals surface area contributed by atoms with Crippen LogP contribution in [0.5, 0.6) is 0 Å². The summed E-state index contributed by atoms with van der Waals surface area (Å²) < 4.78 is 2.19. The Morgan fingerprint density at radius 3 is 2.44 bits per heavy atom. The molecule has 0 aliphatic carbocycles. The van der Waals surface area contributed by atoms with Gasteiger partial charge in [-0.15, -0.1) is 0 Å². The van der Waals surface area contributed by atoms with E-state index in [1.165, 1.54) is 0 Å². The van der Waals surface area contributed by atoms with Crippen LogP contribution in [-0.4, -0.2) is 60.0 Å². The molecule has 2 rings (SSSR count). The predicted molar refractivity (Wildman–Crippen MR) is 156 cm³/mol. The van der Waals surface area contributed by atoms with Gasteiger partial charge >= 0.3 is 0 Å². The Kier molecular flexibility index (Phi) is 15.3. The number of pyridine rings is 1. The van der Waals surface area contributed by atoms with Crippen LogP contribution in [0.15, 0.2) is 48.7 Å². The fourth-order valence-corrected chi connectivity index (χ4v) is 4.79. The van der Waals surface area contributed by atoms with Crippen LogP contribution >= 0.6 is 25.3 Å². The molecule has 1 atom stereocenters. The fourth-order valence-electron chi connectivity index (χ4n) is 3.96. The molecule has 0 aliphatic heterocycles. The first-order valence-electron chi connectivity index (χ1n) is 12.9. The molecule has 1 aromatic carbocycles. The zero-order chi connectivity index (χ0) is 26.0. The van der Waals surface area contributed by atoms with E-state index in [0.717, 1.165) is 61.3 Å². The summed E-state index contributed by atoms with van der Waals surface area (Å²) >= 11 is 8.77. The fraction of sp³-hybridized carbons (Fsp3) is 0.500. The van der Waals surface area contributed by atoms with Crippen molar-refractivity contribution in [2.45, 2.75) is 50.3 Å². The second kappa shape index (κ2) is 18.3. The molecule has 36 heavy (non-hydrogen) atoms. The molecule has 0 radical (unpaired) electrons. The van der Waals surface area contributed by atoms with Gasteiger partial charge < -0.3 is 20.4 Å². The SMILES string of the molecule is O=C(CCCCC(S)CCS)NCCC[n+]1ccccc1/C=C/c1ccc(N(CCO)CCO)cc1. The van der Waals surface area contributed by atoms with Crippen molar-refractivity contribution in [1.82, 2.24) is 5.32 Å². The second-order valence-corrected chi connectivity index (χ2v) is 9.97. The molecule has 3 N–H and O–H groups in total. The summed E-state index contributed by atoms with van der Waals surface area (Å²) in [6.07, 6.45) is 11.6. The Bertz CT molecular complexity index is 903. The minimum Gasteiger partial charge on any atom is -0.395 e. The number of aliphatic hydroxyl groups excluding tert-OH is 2. The number of benzene rings is 1. The molecule has 1 amide bonds. The molecule has 2 aromatic rings. The van der Waals surface area contributed by atoms with Crippen molar-refractivity contribution in [1.29, 1.82) is 0 Å².